The Morgan fingerprint density at radius 1 is 0.422 bits per heavy atom. The van der Waals surface area contributed by atoms with Crippen LogP contribution in [0.4, 0.5) is 0 Å². The summed E-state index contributed by atoms with van der Waals surface area (Å²) in [4.78, 5) is 25.5. The predicted molar refractivity (Wildman–Crippen MR) is 241 cm³/mol. The van der Waals surface area contributed by atoms with Gasteiger partial charge in [0.15, 0.2) is 49.8 Å². The molecule has 19 N–H and O–H groups in total. The van der Waals surface area contributed by atoms with Crippen molar-refractivity contribution in [3.63, 3.8) is 0 Å². The molecular formula is C31H53N3O43S6. The monoisotopic (exact) mass is 1350 g/mol. The third kappa shape index (κ3) is 19.5. The van der Waals surface area contributed by atoms with Crippen molar-refractivity contribution in [1.29, 1.82) is 0 Å². The van der Waals surface area contributed by atoms with Crippen molar-refractivity contribution in [2.24, 2.45) is 11.5 Å². The van der Waals surface area contributed by atoms with Crippen molar-refractivity contribution >= 4 is 74.2 Å². The molecule has 5 aliphatic rings. The molecular weight excluding hydrogens is 1290 g/mol. The third-order valence-corrected chi connectivity index (χ3v) is 14.8. The fourth-order valence-electron chi connectivity index (χ4n) is 8.45. The molecule has 0 amide bonds. The average molecular weight is 1350 g/mol. The molecule has 0 aromatic heterocycles. The largest absolute Gasteiger partial charge is 0.479 e. The van der Waals surface area contributed by atoms with E-state index < -0.39 is 247 Å². The van der Waals surface area contributed by atoms with Gasteiger partial charge in [0.1, 0.15) is 91.5 Å². The average Bonchev–Trinajstić information content (AvgIpc) is 1.95. The van der Waals surface area contributed by atoms with Gasteiger partial charge < -0.3 is 99.7 Å². The van der Waals surface area contributed by atoms with Crippen LogP contribution in [0, 0.1) is 0 Å². The molecule has 83 heavy (non-hydrogen) atoms. The van der Waals surface area contributed by atoms with Gasteiger partial charge >= 0.3 is 74.2 Å². The van der Waals surface area contributed by atoms with Crippen LogP contribution < -0.4 is 16.2 Å². The number of aliphatic hydroxyl groups is 6. The molecule has 0 aliphatic carbocycles. The van der Waals surface area contributed by atoms with E-state index in [0.717, 1.165) is 7.11 Å². The maximum atomic E-state index is 12.9. The van der Waals surface area contributed by atoms with Crippen LogP contribution in [0.1, 0.15) is 0 Å². The SMILES string of the molecule is CO[C@H]1O[C@H](COS(=O)(=O)O)[C@@H](O[C@@H]2O[C@@H](C(=O)O)[C@@H](O[C@@H]3O[C@H](COS(=O)(=O)O)[C@@H](O[C@@H]4O[C@H](C(=O)O)[C@@H](O[C@H]5O[C@H](COS(=O)(=O)O)[C@@H](O)[C@H](O)[C@H]5N)[C@H](O)[C@H]4O)[C@H](OS(=O)(=O)O)[C@H]3N)[C@H](O)[C@H]2OS(=O)(=O)O)[C@H](O)[C@H]1NS(=O)(=O)O. The van der Waals surface area contributed by atoms with Gasteiger partial charge in [-0.3, -0.25) is 27.3 Å². The summed E-state index contributed by atoms with van der Waals surface area (Å²) in [6.45, 7) is -4.48. The van der Waals surface area contributed by atoms with Gasteiger partial charge in [-0.15, -0.1) is 0 Å². The van der Waals surface area contributed by atoms with E-state index in [1.54, 1.807) is 0 Å². The lowest BCUT2D eigenvalue weighted by Gasteiger charge is -2.50. The molecule has 0 spiro atoms. The summed E-state index contributed by atoms with van der Waals surface area (Å²) in [6.07, 6.45) is -56.8. The van der Waals surface area contributed by atoms with E-state index in [9.17, 15) is 124 Å². The first-order valence-electron chi connectivity index (χ1n) is 22.2. The van der Waals surface area contributed by atoms with Crippen LogP contribution in [0.15, 0.2) is 0 Å². The fourth-order valence-corrected chi connectivity index (χ4v) is 11.0. The molecule has 25 atom stereocenters. The second-order valence-corrected chi connectivity index (χ2v) is 24.2. The number of carboxylic acid groups (broad SMARTS) is 2. The van der Waals surface area contributed by atoms with Gasteiger partial charge in [0.25, 0.3) is 0 Å². The minimum Gasteiger partial charge on any atom is -0.479 e. The molecule has 0 aromatic rings. The van der Waals surface area contributed by atoms with Crippen molar-refractivity contribution in [1.82, 2.24) is 4.72 Å². The van der Waals surface area contributed by atoms with E-state index in [4.69, 9.17) is 63.4 Å². The predicted octanol–water partition coefficient (Wildman–Crippen LogP) is -12.6. The molecule has 5 aliphatic heterocycles. The second-order valence-electron chi connectivity index (χ2n) is 17.6. The van der Waals surface area contributed by atoms with Gasteiger partial charge in [-0.25, -0.2) is 30.5 Å². The number of aliphatic carboxylic acids is 2. The van der Waals surface area contributed by atoms with Crippen LogP contribution in [-0.4, -0.2) is 311 Å². The molecule has 52 heteroatoms. The minimum absolute atomic E-state index is 0.788. The van der Waals surface area contributed by atoms with Gasteiger partial charge in [0, 0.05) is 7.11 Å². The smallest absolute Gasteiger partial charge is 0.397 e. The van der Waals surface area contributed by atoms with E-state index >= 15 is 0 Å². The van der Waals surface area contributed by atoms with Gasteiger partial charge in [-0.2, -0.15) is 55.2 Å². The molecule has 46 nitrogen and oxygen atoms in total. The number of hydrogen-bond acceptors (Lipinski definition) is 37. The Morgan fingerprint density at radius 2 is 0.819 bits per heavy atom. The zero-order chi connectivity index (χ0) is 63.0. The Morgan fingerprint density at radius 3 is 1.28 bits per heavy atom. The first kappa shape index (κ1) is 71.2. The topological polar surface area (TPSA) is 725 Å². The lowest BCUT2D eigenvalue weighted by atomic mass is 9.94. The normalized spacial score (nSPS) is 40.8. The van der Waals surface area contributed by atoms with Crippen molar-refractivity contribution in [2.75, 3.05) is 26.9 Å². The number of carboxylic acids is 2. The summed E-state index contributed by atoms with van der Waals surface area (Å²) in [5.74, 6) is -4.49. The molecule has 5 rings (SSSR count). The lowest BCUT2D eigenvalue weighted by Crippen LogP contribution is -2.70. The van der Waals surface area contributed by atoms with Gasteiger partial charge in [-0.05, 0) is 0 Å². The molecule has 486 valence electrons. The molecule has 0 unspecified atom stereocenters. The highest BCUT2D eigenvalue weighted by Crippen LogP contribution is 2.38. The maximum absolute atomic E-state index is 12.9. The van der Waals surface area contributed by atoms with Crippen molar-refractivity contribution in [3.8, 4) is 0 Å². The molecule has 5 fully saturated rings. The fraction of sp³-hybridized carbons (Fsp3) is 0.935. The summed E-state index contributed by atoms with van der Waals surface area (Å²) >= 11 is 0. The van der Waals surface area contributed by atoms with Crippen molar-refractivity contribution < 1.29 is 197 Å². The first-order valence-corrected chi connectivity index (χ1v) is 30.5. The zero-order valence-corrected chi connectivity index (χ0v) is 45.7. The third-order valence-electron chi connectivity index (χ3n) is 12.0. The number of aliphatic hydroxyl groups excluding tert-OH is 6. The standard InChI is InChI=1S/C31H53N3O43S6/c1-63-29-10(34-78(45,46)47)13(37)17(6(69-29)3-65-80(51,52)53)70-31-22(77-83(60,61)62)16(40)21(24(75-31)26(43)44)73-28-9(33)19(76-82(57,58)59)18(7(68-28)4-66-81(54,55)56)71-30-15(39)14(38)20(23(74-30)25(41)42)72-27-8(32)12(36)11(35)5(67-27)2-64-79(48,49)50/h5-24,27-31,34-40H,2-4,32-33H2,1H3,(H,41,42)(H,43,44)(H,45,46,47)(H,48,49,50)(H,51,52,53)(H,54,55,56)(H,57,58,59)(H,60,61,62)/t5-,6-,7-,8-,9-,10-,11-,12-,13-,14-,15-,16+,17-,18-,19-,20+,21+,22-,23+,24-,27-,28+,29+,30-,31-/m1/s1. The summed E-state index contributed by atoms with van der Waals surface area (Å²) in [6, 6.07) is -6.78. The summed E-state index contributed by atoms with van der Waals surface area (Å²) < 4.78 is 275. The number of nitrogens with two attached hydrogens (primary N) is 2. The Labute approximate surface area is 465 Å². The second kappa shape index (κ2) is 27.4. The highest BCUT2D eigenvalue weighted by molar-refractivity contribution is 7.83. The summed E-state index contributed by atoms with van der Waals surface area (Å²) in [7, 11) is -33.0. The quantitative estimate of drug-likeness (QED) is 0.0358. The minimum atomic E-state index is -6.00. The van der Waals surface area contributed by atoms with Crippen molar-refractivity contribution in [3.05, 3.63) is 0 Å². The van der Waals surface area contributed by atoms with E-state index in [1.165, 1.54) is 4.72 Å². The van der Waals surface area contributed by atoms with E-state index in [-0.39, 0.29) is 0 Å². The van der Waals surface area contributed by atoms with E-state index in [0.29, 0.717) is 0 Å². The molecule has 0 saturated carbocycles. The molecule has 0 radical (unpaired) electrons. The van der Waals surface area contributed by atoms with Crippen LogP contribution in [0.25, 0.3) is 0 Å². The van der Waals surface area contributed by atoms with Crippen LogP contribution in [0.3, 0.4) is 0 Å². The van der Waals surface area contributed by atoms with Crippen LogP contribution in [0.2, 0.25) is 0 Å². The maximum Gasteiger partial charge on any atom is 0.397 e. The Balaban J connectivity index is 1.50. The Hall–Kier alpha value is -2.56. The molecule has 5 saturated heterocycles. The number of hydrogen-bond donors (Lipinski definition) is 17. The molecule has 5 heterocycles. The van der Waals surface area contributed by atoms with Crippen LogP contribution >= 0.6 is 0 Å². The molecule has 0 aromatic carbocycles. The number of rotatable bonds is 26. The van der Waals surface area contributed by atoms with Gasteiger partial charge in [0.05, 0.1) is 31.9 Å². The van der Waals surface area contributed by atoms with Crippen molar-refractivity contribution in [2.45, 2.75) is 153 Å². The number of ether oxygens (including phenoxy) is 10. The number of methoxy groups -OCH3 is 1. The zero-order valence-electron chi connectivity index (χ0n) is 40.8. The van der Waals surface area contributed by atoms with Crippen LogP contribution in [-0.2, 0) is 140 Å². The molecule has 0 bridgehead atoms. The Kier molecular flexibility index (Phi) is 23.5. The van der Waals surface area contributed by atoms with E-state index in [2.05, 4.69) is 20.9 Å². The first-order chi connectivity index (χ1) is 37.8. The van der Waals surface area contributed by atoms with E-state index in [1.807, 2.05) is 0 Å². The van der Waals surface area contributed by atoms with Crippen LogP contribution in [0.5, 0.6) is 0 Å². The number of carbonyl (C=O) groups is 2. The summed E-state index contributed by atoms with van der Waals surface area (Å²) in [5, 5.41) is 86.8. The van der Waals surface area contributed by atoms with Gasteiger partial charge in [0.2, 0.25) is 0 Å². The lowest BCUT2D eigenvalue weighted by molar-refractivity contribution is -0.372. The number of nitrogens with one attached hydrogen (secondary N) is 1. The van der Waals surface area contributed by atoms with Gasteiger partial charge in [-0.1, -0.05) is 0 Å². The Bertz CT molecular complexity index is 2940. The highest BCUT2D eigenvalue weighted by atomic mass is 32.3. The summed E-state index contributed by atoms with van der Waals surface area (Å²) in [5.41, 5.74) is 12.0. The highest BCUT2D eigenvalue weighted by Gasteiger charge is 2.60.